The standard InChI is InChI=1S/C17H16N2O4/c1-8-18-12-7-11(4-5-13(12)23-8)19-16(20)14-9-2-3-10(6-9)15(14)17(21)22/h2-5,7,9-10,14-15H,6H2,1H3,(H,19,20)(H,21,22)/t9-,10-,14+,15-/m0/s1. The number of carboxylic acids is 1. The molecule has 2 aliphatic rings. The second kappa shape index (κ2) is 4.94. The number of carbonyl (C=O) groups is 2. The Morgan fingerprint density at radius 2 is 2.00 bits per heavy atom. The molecule has 0 spiro atoms. The van der Waals surface area contributed by atoms with Gasteiger partial charge in [-0.15, -0.1) is 0 Å². The van der Waals surface area contributed by atoms with Crippen LogP contribution in [-0.2, 0) is 9.59 Å². The molecule has 1 aromatic carbocycles. The zero-order valence-corrected chi connectivity index (χ0v) is 12.5. The van der Waals surface area contributed by atoms with E-state index in [9.17, 15) is 14.7 Å². The number of hydrogen-bond acceptors (Lipinski definition) is 4. The van der Waals surface area contributed by atoms with Crippen molar-refractivity contribution in [2.45, 2.75) is 13.3 Å². The molecule has 2 N–H and O–H groups in total. The average Bonchev–Trinajstić information content (AvgIpc) is 3.18. The number of fused-ring (bicyclic) bond motifs is 3. The van der Waals surface area contributed by atoms with Gasteiger partial charge < -0.3 is 14.8 Å². The molecule has 4 rings (SSSR count). The molecule has 0 radical (unpaired) electrons. The van der Waals surface area contributed by atoms with Crippen LogP contribution >= 0.6 is 0 Å². The van der Waals surface area contributed by atoms with Gasteiger partial charge in [0.05, 0.1) is 11.8 Å². The largest absolute Gasteiger partial charge is 0.481 e. The number of aromatic nitrogens is 1. The van der Waals surface area contributed by atoms with Crippen LogP contribution < -0.4 is 5.32 Å². The fraction of sp³-hybridized carbons (Fsp3) is 0.353. The average molecular weight is 312 g/mol. The number of nitrogens with one attached hydrogen (secondary N) is 1. The van der Waals surface area contributed by atoms with Gasteiger partial charge in [0.15, 0.2) is 11.5 Å². The Kier molecular flexibility index (Phi) is 3.01. The number of hydrogen-bond donors (Lipinski definition) is 2. The van der Waals surface area contributed by atoms with E-state index in [4.69, 9.17) is 4.42 Å². The Balaban J connectivity index is 1.58. The number of nitrogens with zero attached hydrogens (tertiary/aromatic N) is 1. The molecule has 4 atom stereocenters. The molecule has 118 valence electrons. The monoisotopic (exact) mass is 312 g/mol. The molecule has 6 nitrogen and oxygen atoms in total. The highest BCUT2D eigenvalue weighted by atomic mass is 16.4. The van der Waals surface area contributed by atoms with Gasteiger partial charge in [0.2, 0.25) is 5.91 Å². The number of allylic oxidation sites excluding steroid dienone is 2. The minimum absolute atomic E-state index is 0.0131. The predicted molar refractivity (Wildman–Crippen MR) is 82.7 cm³/mol. The van der Waals surface area contributed by atoms with E-state index in [2.05, 4.69) is 10.3 Å². The summed E-state index contributed by atoms with van der Waals surface area (Å²) >= 11 is 0. The van der Waals surface area contributed by atoms with Crippen LogP contribution in [0, 0.1) is 30.6 Å². The third-order valence-electron chi connectivity index (χ3n) is 4.81. The quantitative estimate of drug-likeness (QED) is 0.850. The third-order valence-corrected chi connectivity index (χ3v) is 4.81. The molecular weight excluding hydrogens is 296 g/mol. The van der Waals surface area contributed by atoms with Gasteiger partial charge in [-0.05, 0) is 36.5 Å². The first-order valence-electron chi connectivity index (χ1n) is 7.62. The molecule has 2 bridgehead atoms. The van der Waals surface area contributed by atoms with Crippen molar-refractivity contribution in [3.05, 3.63) is 36.2 Å². The molecule has 0 unspecified atom stereocenters. The minimum Gasteiger partial charge on any atom is -0.481 e. The second-order valence-corrected chi connectivity index (χ2v) is 6.24. The fourth-order valence-electron chi connectivity index (χ4n) is 3.86. The van der Waals surface area contributed by atoms with Crippen molar-refractivity contribution in [2.75, 3.05) is 5.32 Å². The van der Waals surface area contributed by atoms with Gasteiger partial charge in [-0.3, -0.25) is 9.59 Å². The van der Waals surface area contributed by atoms with E-state index in [0.29, 0.717) is 22.7 Å². The molecule has 1 fully saturated rings. The number of benzene rings is 1. The van der Waals surface area contributed by atoms with E-state index in [-0.39, 0.29) is 17.7 Å². The predicted octanol–water partition coefficient (Wildman–Crippen LogP) is 2.60. The molecule has 23 heavy (non-hydrogen) atoms. The Morgan fingerprint density at radius 3 is 2.74 bits per heavy atom. The summed E-state index contributed by atoms with van der Waals surface area (Å²) in [5, 5.41) is 12.3. The summed E-state index contributed by atoms with van der Waals surface area (Å²) in [7, 11) is 0. The lowest BCUT2D eigenvalue weighted by Gasteiger charge is -2.23. The van der Waals surface area contributed by atoms with Crippen molar-refractivity contribution in [1.82, 2.24) is 4.98 Å². The summed E-state index contributed by atoms with van der Waals surface area (Å²) in [6.45, 7) is 1.76. The van der Waals surface area contributed by atoms with Gasteiger partial charge in [0, 0.05) is 12.6 Å². The van der Waals surface area contributed by atoms with Gasteiger partial charge in [-0.1, -0.05) is 12.2 Å². The molecule has 2 aromatic rings. The lowest BCUT2D eigenvalue weighted by molar-refractivity contribution is -0.146. The van der Waals surface area contributed by atoms with Crippen LogP contribution in [0.3, 0.4) is 0 Å². The van der Waals surface area contributed by atoms with Gasteiger partial charge in [-0.2, -0.15) is 0 Å². The molecule has 6 heteroatoms. The summed E-state index contributed by atoms with van der Waals surface area (Å²) in [5.41, 5.74) is 1.93. The maximum absolute atomic E-state index is 12.6. The molecular formula is C17H16N2O4. The zero-order chi connectivity index (χ0) is 16.1. The molecule has 0 aliphatic heterocycles. The summed E-state index contributed by atoms with van der Waals surface area (Å²) in [4.78, 5) is 28.3. The molecule has 1 heterocycles. The Morgan fingerprint density at radius 1 is 1.26 bits per heavy atom. The number of anilines is 1. The van der Waals surface area contributed by atoms with Crippen LogP contribution in [0.25, 0.3) is 11.1 Å². The van der Waals surface area contributed by atoms with E-state index in [1.165, 1.54) is 0 Å². The molecule has 1 saturated carbocycles. The lowest BCUT2D eigenvalue weighted by Crippen LogP contribution is -2.36. The van der Waals surface area contributed by atoms with Crippen molar-refractivity contribution in [3.63, 3.8) is 0 Å². The van der Waals surface area contributed by atoms with Crippen LogP contribution in [-0.4, -0.2) is 22.0 Å². The molecule has 0 saturated heterocycles. The Bertz CT molecular complexity index is 838. The van der Waals surface area contributed by atoms with Crippen LogP contribution in [0.2, 0.25) is 0 Å². The zero-order valence-electron chi connectivity index (χ0n) is 12.5. The lowest BCUT2D eigenvalue weighted by atomic mass is 9.82. The summed E-state index contributed by atoms with van der Waals surface area (Å²) in [6.07, 6.45) is 4.65. The second-order valence-electron chi connectivity index (χ2n) is 6.24. The normalized spacial score (nSPS) is 28.4. The Labute approximate surface area is 132 Å². The van der Waals surface area contributed by atoms with Crippen molar-refractivity contribution < 1.29 is 19.1 Å². The van der Waals surface area contributed by atoms with Crippen molar-refractivity contribution in [1.29, 1.82) is 0 Å². The van der Waals surface area contributed by atoms with Gasteiger partial charge in [0.1, 0.15) is 5.52 Å². The van der Waals surface area contributed by atoms with Gasteiger partial charge in [-0.25, -0.2) is 4.98 Å². The summed E-state index contributed by atoms with van der Waals surface area (Å²) < 4.78 is 5.41. The highest BCUT2D eigenvalue weighted by molar-refractivity contribution is 5.97. The molecule has 1 amide bonds. The van der Waals surface area contributed by atoms with E-state index >= 15 is 0 Å². The van der Waals surface area contributed by atoms with Crippen molar-refractivity contribution in [3.8, 4) is 0 Å². The maximum atomic E-state index is 12.6. The van der Waals surface area contributed by atoms with E-state index < -0.39 is 17.8 Å². The highest BCUT2D eigenvalue weighted by Crippen LogP contribution is 2.48. The van der Waals surface area contributed by atoms with Gasteiger partial charge in [0.25, 0.3) is 0 Å². The van der Waals surface area contributed by atoms with E-state index in [0.717, 1.165) is 6.42 Å². The number of oxazole rings is 1. The SMILES string of the molecule is Cc1nc2cc(NC(=O)[C@H]3[C@@H](C(=O)O)[C@H]4C=C[C@H]3C4)ccc2o1. The van der Waals surface area contributed by atoms with Crippen LogP contribution in [0.5, 0.6) is 0 Å². The topological polar surface area (TPSA) is 92.4 Å². The fourth-order valence-corrected chi connectivity index (χ4v) is 3.86. The first-order chi connectivity index (χ1) is 11.0. The van der Waals surface area contributed by atoms with E-state index in [1.807, 2.05) is 12.2 Å². The van der Waals surface area contributed by atoms with E-state index in [1.54, 1.807) is 25.1 Å². The van der Waals surface area contributed by atoms with Gasteiger partial charge >= 0.3 is 5.97 Å². The number of amides is 1. The molecule has 2 aliphatic carbocycles. The van der Waals surface area contributed by atoms with Crippen LogP contribution in [0.15, 0.2) is 34.8 Å². The molecule has 1 aromatic heterocycles. The minimum atomic E-state index is -0.899. The first kappa shape index (κ1) is 14.0. The van der Waals surface area contributed by atoms with Crippen molar-refractivity contribution in [2.24, 2.45) is 23.7 Å². The first-order valence-corrected chi connectivity index (χ1v) is 7.62. The summed E-state index contributed by atoms with van der Waals surface area (Å²) in [5.74, 6) is -1.75. The summed E-state index contributed by atoms with van der Waals surface area (Å²) in [6, 6.07) is 5.23. The maximum Gasteiger partial charge on any atom is 0.307 e. The smallest absolute Gasteiger partial charge is 0.307 e. The number of aliphatic carboxylic acids is 1. The van der Waals surface area contributed by atoms with Crippen molar-refractivity contribution >= 4 is 28.7 Å². The highest BCUT2D eigenvalue weighted by Gasteiger charge is 2.51. The number of carboxylic acid groups (broad SMARTS) is 1. The number of aryl methyl sites for hydroxylation is 1. The van der Waals surface area contributed by atoms with Crippen LogP contribution in [0.1, 0.15) is 12.3 Å². The third kappa shape index (κ3) is 2.21. The number of carbonyl (C=O) groups excluding carboxylic acids is 1. The Hall–Kier alpha value is -2.63. The van der Waals surface area contributed by atoms with Crippen LogP contribution in [0.4, 0.5) is 5.69 Å². The number of rotatable bonds is 3.